The quantitative estimate of drug-likeness (QED) is 0.681. The van der Waals surface area contributed by atoms with Crippen LogP contribution in [0.4, 0.5) is 8.78 Å². The summed E-state index contributed by atoms with van der Waals surface area (Å²) < 4.78 is 32.8. The number of hydrogen-bond donors (Lipinski definition) is 0. The molecule has 2 nitrogen and oxygen atoms in total. The second-order valence-corrected chi connectivity index (χ2v) is 5.93. The molecule has 5 heteroatoms. The van der Waals surface area contributed by atoms with Gasteiger partial charge in [0, 0.05) is 0 Å². The lowest BCUT2D eigenvalue weighted by Gasteiger charge is -2.08. The van der Waals surface area contributed by atoms with Crippen LogP contribution >= 0.6 is 11.3 Å². The van der Waals surface area contributed by atoms with Crippen LogP contribution in [0.2, 0.25) is 0 Å². The molecular weight excluding hydrogens is 292 g/mol. The highest BCUT2D eigenvalue weighted by atomic mass is 32.1. The van der Waals surface area contributed by atoms with E-state index in [-0.39, 0.29) is 12.4 Å². The van der Waals surface area contributed by atoms with Crippen molar-refractivity contribution in [3.8, 4) is 5.75 Å². The van der Waals surface area contributed by atoms with Gasteiger partial charge in [0.05, 0.1) is 21.6 Å². The molecule has 1 aromatic carbocycles. The Morgan fingerprint density at radius 2 is 2.19 bits per heavy atom. The van der Waals surface area contributed by atoms with E-state index in [0.717, 1.165) is 24.3 Å². The van der Waals surface area contributed by atoms with E-state index >= 15 is 0 Å². The Labute approximate surface area is 127 Å². The van der Waals surface area contributed by atoms with Crippen LogP contribution < -0.4 is 4.74 Å². The van der Waals surface area contributed by atoms with Gasteiger partial charge in [0.1, 0.15) is 6.61 Å². The van der Waals surface area contributed by atoms with Gasteiger partial charge in [0.2, 0.25) is 0 Å². The van der Waals surface area contributed by atoms with Crippen molar-refractivity contribution in [2.24, 2.45) is 0 Å². The van der Waals surface area contributed by atoms with E-state index in [1.165, 1.54) is 11.3 Å². The number of benzene rings is 1. The third-order valence-electron chi connectivity index (χ3n) is 3.27. The highest BCUT2D eigenvalue weighted by Gasteiger charge is 2.13. The molecule has 0 aliphatic rings. The maximum atomic E-state index is 14.4. The summed E-state index contributed by atoms with van der Waals surface area (Å²) >= 11 is 1.37. The molecule has 0 atom stereocenters. The summed E-state index contributed by atoms with van der Waals surface area (Å²) in [7, 11) is 0. The monoisotopic (exact) mass is 311 g/mol. The van der Waals surface area contributed by atoms with Gasteiger partial charge in [-0.1, -0.05) is 20.3 Å². The number of ether oxygens (including phenoxy) is 1. The first kappa shape index (κ1) is 15.9. The van der Waals surface area contributed by atoms with E-state index in [1.54, 1.807) is 12.1 Å². The van der Waals surface area contributed by atoms with E-state index in [2.05, 4.69) is 11.9 Å². The molecule has 0 fully saturated rings. The summed E-state index contributed by atoms with van der Waals surface area (Å²) in [5.74, 6) is -0.247. The van der Waals surface area contributed by atoms with Crippen LogP contribution in [0.25, 0.3) is 10.2 Å². The molecule has 0 aliphatic carbocycles. The predicted molar refractivity (Wildman–Crippen MR) is 83.2 cm³/mol. The first-order chi connectivity index (χ1) is 10.2. The minimum absolute atomic E-state index is 0.0664. The highest BCUT2D eigenvalue weighted by molar-refractivity contribution is 7.18. The zero-order chi connectivity index (χ0) is 15.2. The number of unbranched alkanes of at least 4 members (excludes halogenated alkanes) is 1. The van der Waals surface area contributed by atoms with Crippen LogP contribution in [0.1, 0.15) is 38.1 Å². The second-order valence-electron chi connectivity index (χ2n) is 4.85. The number of aryl methyl sites for hydroxylation is 1. The van der Waals surface area contributed by atoms with Gasteiger partial charge in [0.25, 0.3) is 0 Å². The predicted octanol–water partition coefficient (Wildman–Crippen LogP) is 5.42. The van der Waals surface area contributed by atoms with Crippen LogP contribution in [0.3, 0.4) is 0 Å². The molecule has 21 heavy (non-hydrogen) atoms. The summed E-state index contributed by atoms with van der Waals surface area (Å²) in [5.41, 5.74) is 1.16. The molecule has 2 rings (SSSR count). The summed E-state index contributed by atoms with van der Waals surface area (Å²) in [5, 5.41) is 0.945. The summed E-state index contributed by atoms with van der Waals surface area (Å²) in [6.07, 6.45) is 4.07. The van der Waals surface area contributed by atoms with Crippen LogP contribution in [-0.4, -0.2) is 11.6 Å². The van der Waals surface area contributed by atoms with Gasteiger partial charge in [-0.2, -0.15) is 0 Å². The molecule has 0 saturated heterocycles. The molecular formula is C16H19F2NOS. The number of aromatic nitrogens is 1. The van der Waals surface area contributed by atoms with Crippen molar-refractivity contribution in [2.45, 2.75) is 39.5 Å². The van der Waals surface area contributed by atoms with Gasteiger partial charge in [0.15, 0.2) is 11.6 Å². The molecule has 2 aromatic rings. The summed E-state index contributed by atoms with van der Waals surface area (Å²) in [4.78, 5) is 4.43. The molecule has 1 heterocycles. The van der Waals surface area contributed by atoms with Crippen molar-refractivity contribution >= 4 is 21.6 Å². The van der Waals surface area contributed by atoms with Gasteiger partial charge in [-0.05, 0) is 37.0 Å². The fourth-order valence-electron chi connectivity index (χ4n) is 1.92. The molecule has 1 aromatic heterocycles. The summed E-state index contributed by atoms with van der Waals surface area (Å²) in [6, 6.07) is 3.32. The Morgan fingerprint density at radius 1 is 1.38 bits per heavy atom. The van der Waals surface area contributed by atoms with Crippen molar-refractivity contribution in [3.63, 3.8) is 0 Å². The van der Waals surface area contributed by atoms with Gasteiger partial charge in [-0.3, -0.25) is 0 Å². The SMILES string of the molecule is CCCCc1nc2ccc(OC/C(=C\F)CC)c(F)c2s1. The van der Waals surface area contributed by atoms with E-state index in [0.29, 0.717) is 28.5 Å². The first-order valence-electron chi connectivity index (χ1n) is 7.18. The minimum atomic E-state index is -0.401. The first-order valence-corrected chi connectivity index (χ1v) is 8.00. The van der Waals surface area contributed by atoms with Gasteiger partial charge in [-0.25, -0.2) is 13.8 Å². The molecule has 114 valence electrons. The van der Waals surface area contributed by atoms with Crippen molar-refractivity contribution in [2.75, 3.05) is 6.61 Å². The Kier molecular flexibility index (Phi) is 5.67. The lowest BCUT2D eigenvalue weighted by atomic mass is 10.2. The molecule has 0 radical (unpaired) electrons. The number of rotatable bonds is 7. The van der Waals surface area contributed by atoms with E-state index in [4.69, 9.17) is 4.74 Å². The largest absolute Gasteiger partial charge is 0.486 e. The number of hydrogen-bond acceptors (Lipinski definition) is 3. The Bertz CT molecular complexity index is 636. The number of halogens is 2. The van der Waals surface area contributed by atoms with E-state index < -0.39 is 5.82 Å². The maximum absolute atomic E-state index is 14.4. The Hall–Kier alpha value is -1.49. The van der Waals surface area contributed by atoms with Crippen LogP contribution in [0.15, 0.2) is 24.0 Å². The van der Waals surface area contributed by atoms with E-state index in [9.17, 15) is 8.78 Å². The fraction of sp³-hybridized carbons (Fsp3) is 0.438. The van der Waals surface area contributed by atoms with Crippen LogP contribution in [0, 0.1) is 5.82 Å². The second kappa shape index (κ2) is 7.50. The zero-order valence-electron chi connectivity index (χ0n) is 12.3. The fourth-order valence-corrected chi connectivity index (χ4v) is 2.95. The molecule has 0 spiro atoms. The zero-order valence-corrected chi connectivity index (χ0v) is 13.1. The van der Waals surface area contributed by atoms with Crippen molar-refractivity contribution in [1.29, 1.82) is 0 Å². The van der Waals surface area contributed by atoms with Crippen LogP contribution in [0.5, 0.6) is 5.75 Å². The van der Waals surface area contributed by atoms with Crippen molar-refractivity contribution < 1.29 is 13.5 Å². The number of nitrogens with zero attached hydrogens (tertiary/aromatic N) is 1. The third-order valence-corrected chi connectivity index (χ3v) is 4.40. The number of fused-ring (bicyclic) bond motifs is 1. The average molecular weight is 311 g/mol. The Balaban J connectivity index is 2.20. The molecule has 0 N–H and O–H groups in total. The van der Waals surface area contributed by atoms with Crippen molar-refractivity contribution in [1.82, 2.24) is 4.98 Å². The van der Waals surface area contributed by atoms with Crippen molar-refractivity contribution in [3.05, 3.63) is 34.9 Å². The topological polar surface area (TPSA) is 22.1 Å². The smallest absolute Gasteiger partial charge is 0.184 e. The van der Waals surface area contributed by atoms with Crippen LogP contribution in [-0.2, 0) is 6.42 Å². The lowest BCUT2D eigenvalue weighted by molar-refractivity contribution is 0.328. The third kappa shape index (κ3) is 3.79. The Morgan fingerprint density at radius 3 is 2.86 bits per heavy atom. The molecule has 0 saturated carbocycles. The lowest BCUT2D eigenvalue weighted by Crippen LogP contribution is -2.01. The molecule has 0 amide bonds. The molecule has 0 bridgehead atoms. The highest BCUT2D eigenvalue weighted by Crippen LogP contribution is 2.31. The van der Waals surface area contributed by atoms with Gasteiger partial charge < -0.3 is 4.74 Å². The maximum Gasteiger partial charge on any atom is 0.184 e. The standard InChI is InChI=1S/C16H19F2NOS/c1-3-5-6-14-19-12-7-8-13(15(18)16(12)21-14)20-10-11(4-2)9-17/h7-9H,3-6,10H2,1-2H3/b11-9-. The van der Waals surface area contributed by atoms with E-state index in [1.807, 2.05) is 6.92 Å². The normalized spacial score (nSPS) is 12.1. The molecule has 0 unspecified atom stereocenters. The summed E-state index contributed by atoms with van der Waals surface area (Å²) in [6.45, 7) is 4.01. The van der Waals surface area contributed by atoms with Gasteiger partial charge in [-0.15, -0.1) is 11.3 Å². The minimum Gasteiger partial charge on any atom is -0.486 e. The molecule has 0 aliphatic heterocycles. The average Bonchev–Trinajstić information content (AvgIpc) is 2.92. The number of thiazole rings is 1. The van der Waals surface area contributed by atoms with Gasteiger partial charge >= 0.3 is 0 Å².